The van der Waals surface area contributed by atoms with E-state index in [1.54, 1.807) is 25.1 Å². The highest BCUT2D eigenvalue weighted by Gasteiger charge is 2.23. The number of amides is 1. The van der Waals surface area contributed by atoms with E-state index in [2.05, 4.69) is 10.2 Å². The molecule has 0 fully saturated rings. The molecule has 1 atom stereocenters. The van der Waals surface area contributed by atoms with Crippen molar-refractivity contribution in [1.82, 2.24) is 0 Å². The molecule has 1 heterocycles. The number of hydrogen-bond donors (Lipinski definition) is 2. The number of carboxylic acid groups (broad SMARTS) is 1. The molecule has 0 aromatic heterocycles. The van der Waals surface area contributed by atoms with Crippen molar-refractivity contribution in [1.29, 1.82) is 0 Å². The summed E-state index contributed by atoms with van der Waals surface area (Å²) in [7, 11) is 2.01. The molecular formula is C26H25FN2O5. The van der Waals surface area contributed by atoms with Crippen LogP contribution in [0.4, 0.5) is 15.8 Å². The molecule has 0 bridgehead atoms. The summed E-state index contributed by atoms with van der Waals surface area (Å²) < 4.78 is 25.8. The number of benzene rings is 3. The number of carbonyl (C=O) groups is 2. The highest BCUT2D eigenvalue weighted by atomic mass is 19.1. The smallest absolute Gasteiger partial charge is 0.307 e. The maximum atomic E-state index is 13.8. The van der Waals surface area contributed by atoms with Gasteiger partial charge in [0.2, 0.25) is 0 Å². The standard InChI is InChI=1S/C26H25FN2O5/c1-16-11-19(33-15-20-14-29(2)23-5-3-4-6-24(23)34-20)8-9-21(16)26(32)28-18-7-10-22(27)17(12-18)13-25(30)31/h3-12,20H,13-15H2,1-2H3,(H,28,32)(H,30,31)/t20-/m0/s1. The van der Waals surface area contributed by atoms with E-state index in [4.69, 9.17) is 14.6 Å². The molecule has 2 N–H and O–H groups in total. The Morgan fingerprint density at radius 2 is 1.97 bits per heavy atom. The van der Waals surface area contributed by atoms with Crippen LogP contribution in [-0.2, 0) is 11.2 Å². The van der Waals surface area contributed by atoms with E-state index in [0.29, 0.717) is 35.7 Å². The first-order valence-corrected chi connectivity index (χ1v) is 10.8. The number of carboxylic acids is 1. The van der Waals surface area contributed by atoms with Crippen LogP contribution in [0.15, 0.2) is 60.7 Å². The lowest BCUT2D eigenvalue weighted by molar-refractivity contribution is -0.136. The fourth-order valence-corrected chi connectivity index (χ4v) is 3.90. The van der Waals surface area contributed by atoms with E-state index in [1.165, 1.54) is 12.1 Å². The molecule has 0 saturated carbocycles. The highest BCUT2D eigenvalue weighted by Crippen LogP contribution is 2.32. The van der Waals surface area contributed by atoms with Gasteiger partial charge in [-0.3, -0.25) is 9.59 Å². The van der Waals surface area contributed by atoms with Crippen molar-refractivity contribution in [3.8, 4) is 11.5 Å². The summed E-state index contributed by atoms with van der Waals surface area (Å²) in [4.78, 5) is 25.8. The summed E-state index contributed by atoms with van der Waals surface area (Å²) in [5.74, 6) is -0.728. The van der Waals surface area contributed by atoms with Gasteiger partial charge in [-0.1, -0.05) is 12.1 Å². The average Bonchev–Trinajstić information content (AvgIpc) is 2.79. The Morgan fingerprint density at radius 3 is 2.74 bits per heavy atom. The molecule has 34 heavy (non-hydrogen) atoms. The molecule has 0 radical (unpaired) electrons. The van der Waals surface area contributed by atoms with Crippen LogP contribution >= 0.6 is 0 Å². The third-order valence-corrected chi connectivity index (χ3v) is 5.57. The van der Waals surface area contributed by atoms with Crippen LogP contribution < -0.4 is 19.7 Å². The molecule has 3 aromatic rings. The zero-order valence-corrected chi connectivity index (χ0v) is 18.9. The molecule has 4 rings (SSSR count). The number of aliphatic carboxylic acids is 1. The third-order valence-electron chi connectivity index (χ3n) is 5.57. The van der Waals surface area contributed by atoms with Gasteiger partial charge >= 0.3 is 5.97 Å². The van der Waals surface area contributed by atoms with Crippen molar-refractivity contribution in [2.45, 2.75) is 19.4 Å². The number of anilines is 2. The van der Waals surface area contributed by atoms with Crippen LogP contribution in [0.3, 0.4) is 0 Å². The molecule has 3 aromatic carbocycles. The molecule has 176 valence electrons. The lowest BCUT2D eigenvalue weighted by Crippen LogP contribution is -2.41. The second kappa shape index (κ2) is 9.82. The summed E-state index contributed by atoms with van der Waals surface area (Å²) in [5.41, 5.74) is 2.50. The molecule has 0 aliphatic carbocycles. The van der Waals surface area contributed by atoms with Crippen molar-refractivity contribution in [3.63, 3.8) is 0 Å². The van der Waals surface area contributed by atoms with Crippen molar-refractivity contribution in [3.05, 3.63) is 83.2 Å². The van der Waals surface area contributed by atoms with E-state index in [-0.39, 0.29) is 17.6 Å². The summed E-state index contributed by atoms with van der Waals surface area (Å²) in [6, 6.07) is 16.9. The molecule has 8 heteroatoms. The van der Waals surface area contributed by atoms with Crippen molar-refractivity contribution >= 4 is 23.3 Å². The first kappa shape index (κ1) is 23.1. The Balaban J connectivity index is 1.39. The first-order chi connectivity index (χ1) is 16.3. The number of nitrogens with zero attached hydrogens (tertiary/aromatic N) is 1. The number of ether oxygens (including phenoxy) is 2. The predicted molar refractivity (Wildman–Crippen MR) is 126 cm³/mol. The Bertz CT molecular complexity index is 1230. The second-order valence-corrected chi connectivity index (χ2v) is 8.21. The van der Waals surface area contributed by atoms with Crippen LogP contribution in [-0.4, -0.2) is 43.3 Å². The molecule has 7 nitrogen and oxygen atoms in total. The van der Waals surface area contributed by atoms with E-state index in [9.17, 15) is 14.0 Å². The first-order valence-electron chi connectivity index (χ1n) is 10.8. The van der Waals surface area contributed by atoms with Gasteiger partial charge in [0.25, 0.3) is 5.91 Å². The summed E-state index contributed by atoms with van der Waals surface area (Å²) in [6.07, 6.45) is -0.603. The normalized spacial score (nSPS) is 14.7. The average molecular weight is 464 g/mol. The van der Waals surface area contributed by atoms with Gasteiger partial charge in [0, 0.05) is 23.9 Å². The third kappa shape index (κ3) is 5.28. The molecule has 1 aliphatic rings. The number of para-hydroxylation sites is 2. The second-order valence-electron chi connectivity index (χ2n) is 8.21. The molecule has 0 unspecified atom stereocenters. The number of nitrogens with one attached hydrogen (secondary N) is 1. The number of fused-ring (bicyclic) bond motifs is 1. The topological polar surface area (TPSA) is 88.1 Å². The van der Waals surface area contributed by atoms with E-state index >= 15 is 0 Å². The molecular weight excluding hydrogens is 439 g/mol. The minimum Gasteiger partial charge on any atom is -0.490 e. The van der Waals surface area contributed by atoms with Gasteiger partial charge < -0.3 is 24.8 Å². The van der Waals surface area contributed by atoms with Gasteiger partial charge in [-0.15, -0.1) is 0 Å². The number of likely N-dealkylation sites (N-methyl/N-ethyl adjacent to an activating group) is 1. The highest BCUT2D eigenvalue weighted by molar-refractivity contribution is 6.05. The van der Waals surface area contributed by atoms with Gasteiger partial charge in [0.1, 0.15) is 30.0 Å². The zero-order chi connectivity index (χ0) is 24.2. The summed E-state index contributed by atoms with van der Waals surface area (Å²) in [6.45, 7) is 2.84. The Morgan fingerprint density at radius 1 is 1.18 bits per heavy atom. The van der Waals surface area contributed by atoms with Gasteiger partial charge in [-0.2, -0.15) is 0 Å². The lowest BCUT2D eigenvalue weighted by Gasteiger charge is -2.33. The molecule has 0 spiro atoms. The minimum absolute atomic E-state index is 0.00368. The molecule has 1 amide bonds. The van der Waals surface area contributed by atoms with Crippen LogP contribution in [0.25, 0.3) is 0 Å². The summed E-state index contributed by atoms with van der Waals surface area (Å²) in [5, 5.41) is 11.6. The van der Waals surface area contributed by atoms with Crippen LogP contribution in [0.1, 0.15) is 21.5 Å². The predicted octanol–water partition coefficient (Wildman–Crippen LogP) is 4.29. The van der Waals surface area contributed by atoms with Crippen LogP contribution in [0.2, 0.25) is 0 Å². The number of hydrogen-bond acceptors (Lipinski definition) is 5. The number of rotatable bonds is 7. The maximum absolute atomic E-state index is 13.8. The number of halogens is 1. The quantitative estimate of drug-likeness (QED) is 0.542. The number of carbonyl (C=O) groups excluding carboxylic acids is 1. The Labute approximate surface area is 196 Å². The summed E-state index contributed by atoms with van der Waals surface area (Å²) >= 11 is 0. The van der Waals surface area contributed by atoms with Crippen LogP contribution in [0.5, 0.6) is 11.5 Å². The fourth-order valence-electron chi connectivity index (χ4n) is 3.90. The van der Waals surface area contributed by atoms with Gasteiger partial charge in [0.05, 0.1) is 18.7 Å². The van der Waals surface area contributed by atoms with E-state index in [0.717, 1.165) is 17.5 Å². The number of aryl methyl sites for hydroxylation is 1. The van der Waals surface area contributed by atoms with Crippen molar-refractivity contribution in [2.24, 2.45) is 0 Å². The molecule has 1 aliphatic heterocycles. The maximum Gasteiger partial charge on any atom is 0.307 e. The van der Waals surface area contributed by atoms with E-state index in [1.807, 2.05) is 31.3 Å². The largest absolute Gasteiger partial charge is 0.490 e. The molecule has 0 saturated heterocycles. The van der Waals surface area contributed by atoms with Crippen LogP contribution in [0, 0.1) is 12.7 Å². The van der Waals surface area contributed by atoms with Gasteiger partial charge in [0.15, 0.2) is 0 Å². The van der Waals surface area contributed by atoms with Gasteiger partial charge in [-0.05, 0) is 61.0 Å². The SMILES string of the molecule is Cc1cc(OC[C@@H]2CN(C)c3ccccc3O2)ccc1C(=O)Nc1ccc(F)c(CC(=O)O)c1. The Hall–Kier alpha value is -4.07. The van der Waals surface area contributed by atoms with Crippen molar-refractivity contribution < 1.29 is 28.6 Å². The minimum atomic E-state index is -1.15. The lowest BCUT2D eigenvalue weighted by atomic mass is 10.1. The van der Waals surface area contributed by atoms with Gasteiger partial charge in [-0.25, -0.2) is 4.39 Å². The monoisotopic (exact) mass is 464 g/mol. The van der Waals surface area contributed by atoms with Crippen molar-refractivity contribution in [2.75, 3.05) is 30.4 Å². The Kier molecular flexibility index (Phi) is 6.67. The zero-order valence-electron chi connectivity index (χ0n) is 18.9. The fraction of sp³-hybridized carbons (Fsp3) is 0.231. The van der Waals surface area contributed by atoms with E-state index < -0.39 is 18.2 Å².